The molecule has 0 atom stereocenters. The van der Waals surface area contributed by atoms with E-state index in [-0.39, 0.29) is 29.6 Å². The number of carbonyl (C=O) groups excluding carboxylic acids is 3. The lowest BCUT2D eigenvalue weighted by atomic mass is 9.83. The third kappa shape index (κ3) is 4.18. The molecular weight excluding hydrogens is 388 g/mol. The number of hydrogen-bond acceptors (Lipinski definition) is 4. The zero-order valence-corrected chi connectivity index (χ0v) is 17.6. The highest BCUT2D eigenvalue weighted by atomic mass is 16.2. The first-order valence-electron chi connectivity index (χ1n) is 10.4. The summed E-state index contributed by atoms with van der Waals surface area (Å²) in [4.78, 5) is 40.5. The maximum atomic E-state index is 13.1. The molecule has 0 spiro atoms. The first-order valence-corrected chi connectivity index (χ1v) is 10.4. The summed E-state index contributed by atoms with van der Waals surface area (Å²) >= 11 is 0. The van der Waals surface area contributed by atoms with Gasteiger partial charge in [0.15, 0.2) is 11.6 Å². The van der Waals surface area contributed by atoms with E-state index in [0.717, 1.165) is 12.0 Å². The quantitative estimate of drug-likeness (QED) is 0.518. The van der Waals surface area contributed by atoms with Crippen LogP contribution in [0.3, 0.4) is 0 Å². The molecule has 3 aromatic carbocycles. The Labute approximate surface area is 181 Å². The fourth-order valence-corrected chi connectivity index (χ4v) is 3.93. The summed E-state index contributed by atoms with van der Waals surface area (Å²) < 4.78 is 0. The average molecular weight is 412 g/mol. The van der Waals surface area contributed by atoms with E-state index < -0.39 is 0 Å². The second-order valence-electron chi connectivity index (χ2n) is 7.82. The number of likely N-dealkylation sites (N-methyl/N-ethyl adjacent to an activating group) is 1. The van der Waals surface area contributed by atoms with E-state index in [0.29, 0.717) is 28.9 Å². The van der Waals surface area contributed by atoms with Gasteiger partial charge in [-0.2, -0.15) is 0 Å². The molecule has 3 aromatic rings. The van der Waals surface area contributed by atoms with Crippen LogP contribution in [0.15, 0.2) is 66.7 Å². The Bertz CT molecular complexity index is 1170. The van der Waals surface area contributed by atoms with E-state index in [1.54, 1.807) is 42.5 Å². The predicted molar refractivity (Wildman–Crippen MR) is 121 cm³/mol. The minimum Gasteiger partial charge on any atom is -0.324 e. The van der Waals surface area contributed by atoms with Gasteiger partial charge in [0.2, 0.25) is 5.91 Å². The minimum absolute atomic E-state index is 0.165. The Morgan fingerprint density at radius 2 is 1.42 bits per heavy atom. The van der Waals surface area contributed by atoms with E-state index in [1.165, 1.54) is 5.56 Å². The average Bonchev–Trinajstić information content (AvgIpc) is 2.77. The molecular formula is C26H24N2O3. The van der Waals surface area contributed by atoms with Gasteiger partial charge in [0.1, 0.15) is 0 Å². The highest BCUT2D eigenvalue weighted by Gasteiger charge is 2.31. The fourth-order valence-electron chi connectivity index (χ4n) is 3.93. The fraction of sp³-hybridized carbons (Fsp3) is 0.192. The molecule has 0 saturated heterocycles. The molecule has 0 unspecified atom stereocenters. The number of amides is 1. The summed E-state index contributed by atoms with van der Waals surface area (Å²) in [5.41, 5.74) is 4.13. The molecule has 4 rings (SSSR count). The Hall–Kier alpha value is -3.57. The van der Waals surface area contributed by atoms with Crippen molar-refractivity contribution in [1.29, 1.82) is 0 Å². The van der Waals surface area contributed by atoms with Gasteiger partial charge in [-0.15, -0.1) is 0 Å². The van der Waals surface area contributed by atoms with E-state index in [9.17, 15) is 14.4 Å². The van der Waals surface area contributed by atoms with E-state index in [2.05, 4.69) is 36.5 Å². The maximum absolute atomic E-state index is 13.1. The minimum atomic E-state index is -0.245. The number of fused-ring (bicyclic) bond motifs is 2. The van der Waals surface area contributed by atoms with Crippen LogP contribution in [-0.2, 0) is 17.8 Å². The molecule has 156 valence electrons. The van der Waals surface area contributed by atoms with Crippen molar-refractivity contribution in [1.82, 2.24) is 4.90 Å². The Kier molecular flexibility index (Phi) is 5.78. The van der Waals surface area contributed by atoms with Crippen molar-refractivity contribution in [2.75, 3.05) is 18.9 Å². The zero-order valence-electron chi connectivity index (χ0n) is 17.6. The van der Waals surface area contributed by atoms with E-state index in [1.807, 2.05) is 11.9 Å². The molecule has 0 heterocycles. The van der Waals surface area contributed by atoms with Gasteiger partial charge in [-0.3, -0.25) is 19.3 Å². The third-order valence-electron chi connectivity index (χ3n) is 5.52. The summed E-state index contributed by atoms with van der Waals surface area (Å²) in [7, 11) is 1.87. The summed E-state index contributed by atoms with van der Waals surface area (Å²) in [6.45, 7) is 2.91. The third-order valence-corrected chi connectivity index (χ3v) is 5.52. The van der Waals surface area contributed by atoms with Crippen molar-refractivity contribution in [3.8, 4) is 0 Å². The van der Waals surface area contributed by atoms with Gasteiger partial charge in [0.05, 0.1) is 17.8 Å². The Balaban J connectivity index is 1.49. The summed E-state index contributed by atoms with van der Waals surface area (Å²) in [6.07, 6.45) is 0.992. The SMILES string of the molecule is CCc1ccc(CN(C)CC(=O)Nc2cccc3c2C(=O)c2ccccc2C3=O)cc1. The molecule has 0 bridgehead atoms. The number of rotatable bonds is 6. The summed E-state index contributed by atoms with van der Waals surface area (Å²) in [5.74, 6) is -0.681. The summed E-state index contributed by atoms with van der Waals surface area (Å²) in [6, 6.07) is 20.1. The van der Waals surface area contributed by atoms with Crippen LogP contribution in [0, 0.1) is 0 Å². The van der Waals surface area contributed by atoms with E-state index in [4.69, 9.17) is 0 Å². The molecule has 1 N–H and O–H groups in total. The lowest BCUT2D eigenvalue weighted by molar-refractivity contribution is -0.117. The molecule has 0 saturated carbocycles. The smallest absolute Gasteiger partial charge is 0.238 e. The molecule has 1 aliphatic rings. The van der Waals surface area contributed by atoms with Crippen LogP contribution < -0.4 is 5.32 Å². The summed E-state index contributed by atoms with van der Waals surface area (Å²) in [5, 5.41) is 2.83. The van der Waals surface area contributed by atoms with Crippen LogP contribution in [0.25, 0.3) is 0 Å². The lowest BCUT2D eigenvalue weighted by Crippen LogP contribution is -2.31. The highest BCUT2D eigenvalue weighted by molar-refractivity contribution is 6.30. The molecule has 31 heavy (non-hydrogen) atoms. The normalized spacial score (nSPS) is 12.5. The Morgan fingerprint density at radius 3 is 2.10 bits per heavy atom. The van der Waals surface area contributed by atoms with E-state index >= 15 is 0 Å². The van der Waals surface area contributed by atoms with Crippen molar-refractivity contribution >= 4 is 23.2 Å². The van der Waals surface area contributed by atoms with Crippen molar-refractivity contribution in [3.05, 3.63) is 100 Å². The van der Waals surface area contributed by atoms with Crippen molar-refractivity contribution < 1.29 is 14.4 Å². The van der Waals surface area contributed by atoms with Crippen molar-refractivity contribution in [2.45, 2.75) is 19.9 Å². The molecule has 5 heteroatoms. The number of carbonyl (C=O) groups is 3. The van der Waals surface area contributed by atoms with Crippen LogP contribution in [0.4, 0.5) is 5.69 Å². The van der Waals surface area contributed by atoms with Gasteiger partial charge >= 0.3 is 0 Å². The first-order chi connectivity index (χ1) is 15.0. The zero-order chi connectivity index (χ0) is 22.0. The number of nitrogens with one attached hydrogen (secondary N) is 1. The van der Waals surface area contributed by atoms with Crippen molar-refractivity contribution in [3.63, 3.8) is 0 Å². The first kappa shape index (κ1) is 20.7. The number of nitrogens with zero attached hydrogens (tertiary/aromatic N) is 1. The molecule has 0 radical (unpaired) electrons. The molecule has 1 aliphatic carbocycles. The van der Waals surface area contributed by atoms with Gasteiger partial charge in [-0.25, -0.2) is 0 Å². The largest absolute Gasteiger partial charge is 0.324 e. The number of benzene rings is 3. The second-order valence-corrected chi connectivity index (χ2v) is 7.82. The molecule has 1 amide bonds. The van der Waals surface area contributed by atoms with Crippen LogP contribution in [0.5, 0.6) is 0 Å². The van der Waals surface area contributed by atoms with Crippen LogP contribution in [-0.4, -0.2) is 36.0 Å². The van der Waals surface area contributed by atoms with Gasteiger partial charge < -0.3 is 5.32 Å². The van der Waals surface area contributed by atoms with Crippen molar-refractivity contribution in [2.24, 2.45) is 0 Å². The molecule has 0 aromatic heterocycles. The maximum Gasteiger partial charge on any atom is 0.238 e. The molecule has 5 nitrogen and oxygen atoms in total. The van der Waals surface area contributed by atoms with Gasteiger partial charge in [-0.05, 0) is 30.7 Å². The standard InChI is InChI=1S/C26H24N2O3/c1-3-17-11-13-18(14-12-17)15-28(2)16-23(29)27-22-10-6-9-21-24(22)26(31)20-8-5-4-7-19(20)25(21)30/h4-14H,3,15-16H2,1-2H3,(H,27,29). The van der Waals surface area contributed by atoms with Gasteiger partial charge in [0.25, 0.3) is 0 Å². The van der Waals surface area contributed by atoms with Gasteiger partial charge in [-0.1, -0.05) is 67.6 Å². The monoisotopic (exact) mass is 412 g/mol. The molecule has 0 aliphatic heterocycles. The number of hydrogen-bond donors (Lipinski definition) is 1. The molecule has 0 fully saturated rings. The number of ketones is 2. The number of aryl methyl sites for hydroxylation is 1. The van der Waals surface area contributed by atoms with Gasteiger partial charge in [0, 0.05) is 23.2 Å². The van der Waals surface area contributed by atoms with Crippen LogP contribution in [0.2, 0.25) is 0 Å². The Morgan fingerprint density at radius 1 is 0.806 bits per heavy atom. The van der Waals surface area contributed by atoms with Crippen LogP contribution in [0.1, 0.15) is 49.9 Å². The van der Waals surface area contributed by atoms with Crippen LogP contribution >= 0.6 is 0 Å². The number of anilines is 1. The topological polar surface area (TPSA) is 66.5 Å². The predicted octanol–water partition coefficient (Wildman–Crippen LogP) is 4.09. The second kappa shape index (κ2) is 8.66. The highest BCUT2D eigenvalue weighted by Crippen LogP contribution is 2.31. The lowest BCUT2D eigenvalue weighted by Gasteiger charge is -2.21.